The number of ether oxygens (including phenoxy) is 6. The zero-order valence-corrected chi connectivity index (χ0v) is 26.3. The molecule has 232 valence electrons. The first-order valence-corrected chi connectivity index (χ1v) is 15.4. The van der Waals surface area contributed by atoms with E-state index in [-0.39, 0.29) is 10.8 Å². The molecule has 8 bridgehead atoms. The lowest BCUT2D eigenvalue weighted by atomic mass is 9.78. The zero-order chi connectivity index (χ0) is 30.8. The van der Waals surface area contributed by atoms with Crippen LogP contribution in [-0.4, -0.2) is 52.9 Å². The highest BCUT2D eigenvalue weighted by molar-refractivity contribution is 5.43. The van der Waals surface area contributed by atoms with Crippen molar-refractivity contribution < 1.29 is 28.4 Å². The van der Waals surface area contributed by atoms with Gasteiger partial charge in [0.2, 0.25) is 0 Å². The van der Waals surface area contributed by atoms with Crippen LogP contribution in [0, 0.1) is 0 Å². The second kappa shape index (κ2) is 14.7. The van der Waals surface area contributed by atoms with Gasteiger partial charge in [0.05, 0.1) is 26.4 Å². The molecule has 0 fully saturated rings. The van der Waals surface area contributed by atoms with Crippen molar-refractivity contribution in [1.29, 1.82) is 0 Å². The average Bonchev–Trinajstić information content (AvgIpc) is 3.04. The lowest BCUT2D eigenvalue weighted by molar-refractivity contribution is 0.0764. The summed E-state index contributed by atoms with van der Waals surface area (Å²) in [6.07, 6.45) is 0. The largest absolute Gasteiger partial charge is 0.491 e. The van der Waals surface area contributed by atoms with Crippen LogP contribution in [0.1, 0.15) is 49.9 Å². The first kappa shape index (κ1) is 31.4. The molecule has 0 radical (unpaired) electrons. The van der Waals surface area contributed by atoms with Crippen molar-refractivity contribution in [1.82, 2.24) is 0 Å². The summed E-state index contributed by atoms with van der Waals surface area (Å²) in [4.78, 5) is 0. The van der Waals surface area contributed by atoms with Crippen molar-refractivity contribution >= 4 is 0 Å². The van der Waals surface area contributed by atoms with E-state index in [1.165, 1.54) is 22.3 Å². The summed E-state index contributed by atoms with van der Waals surface area (Å²) < 4.78 is 35.1. The Kier molecular flexibility index (Phi) is 10.5. The third-order valence-corrected chi connectivity index (χ3v) is 8.29. The first-order valence-electron chi connectivity index (χ1n) is 15.4. The van der Waals surface area contributed by atoms with Crippen LogP contribution >= 0.6 is 0 Å². The maximum Gasteiger partial charge on any atom is 0.119 e. The Hall–Kier alpha value is -4.00. The molecule has 0 atom stereocenters. The molecule has 0 saturated carbocycles. The van der Waals surface area contributed by atoms with Crippen LogP contribution < -0.4 is 18.9 Å². The Bertz CT molecular complexity index is 1210. The topological polar surface area (TPSA) is 55.4 Å². The Morgan fingerprint density at radius 3 is 0.727 bits per heavy atom. The van der Waals surface area contributed by atoms with E-state index in [1.807, 2.05) is 48.5 Å². The van der Waals surface area contributed by atoms with Crippen molar-refractivity contribution in [2.45, 2.75) is 38.5 Å². The van der Waals surface area contributed by atoms with Crippen molar-refractivity contribution in [3.63, 3.8) is 0 Å². The third-order valence-electron chi connectivity index (χ3n) is 8.29. The Morgan fingerprint density at radius 2 is 0.523 bits per heavy atom. The quantitative estimate of drug-likeness (QED) is 0.208. The predicted molar refractivity (Wildman–Crippen MR) is 174 cm³/mol. The first-order chi connectivity index (χ1) is 21.3. The molecule has 6 nitrogen and oxygen atoms in total. The van der Waals surface area contributed by atoms with Gasteiger partial charge < -0.3 is 28.4 Å². The molecule has 6 heteroatoms. The molecule has 0 N–H and O–H groups in total. The van der Waals surface area contributed by atoms with E-state index in [0.29, 0.717) is 52.9 Å². The van der Waals surface area contributed by atoms with Gasteiger partial charge in [0.1, 0.15) is 49.4 Å². The molecule has 0 aliphatic carbocycles. The molecule has 0 spiro atoms. The Balaban J connectivity index is 1.22. The Morgan fingerprint density at radius 1 is 0.318 bits per heavy atom. The lowest BCUT2D eigenvalue weighted by Gasteiger charge is -2.26. The van der Waals surface area contributed by atoms with Crippen LogP contribution in [0.4, 0.5) is 0 Å². The molecule has 7 aliphatic rings. The van der Waals surface area contributed by atoms with Crippen LogP contribution in [0.3, 0.4) is 0 Å². The minimum Gasteiger partial charge on any atom is -0.491 e. The highest BCUT2D eigenvalue weighted by atomic mass is 16.5. The highest BCUT2D eigenvalue weighted by Gasteiger charge is 2.24. The molecule has 7 aliphatic heterocycles. The normalized spacial score (nSPS) is 17.7. The van der Waals surface area contributed by atoms with Crippen LogP contribution in [0.5, 0.6) is 23.0 Å². The molecule has 44 heavy (non-hydrogen) atoms. The van der Waals surface area contributed by atoms with E-state index in [2.05, 4.69) is 76.2 Å². The van der Waals surface area contributed by atoms with E-state index in [1.54, 1.807) is 0 Å². The maximum absolute atomic E-state index is 5.91. The summed E-state index contributed by atoms with van der Waals surface area (Å²) in [5.41, 5.74) is 4.50. The molecule has 0 amide bonds. The van der Waals surface area contributed by atoms with Crippen LogP contribution in [-0.2, 0) is 20.3 Å². The van der Waals surface area contributed by atoms with Gasteiger partial charge in [-0.05, 0) is 70.8 Å². The number of hydrogen-bond acceptors (Lipinski definition) is 6. The molecule has 0 unspecified atom stereocenters. The standard InChI is InChI=1S/C38H44O6/c1-37(2)29-5-13-33(14-6-29)41-25-21-39-23-27-43-35-17-9-31(10-18-35)38(3,4)32-11-19-36(20-12-32)44-28-24-40-22-26-42-34-15-7-30(37)8-16-34/h5-20H,21-28H2,1-4H3. The van der Waals surface area contributed by atoms with Crippen molar-refractivity contribution in [3.8, 4) is 23.0 Å². The smallest absolute Gasteiger partial charge is 0.119 e. The second-order valence-corrected chi connectivity index (χ2v) is 12.0. The van der Waals surface area contributed by atoms with E-state index in [4.69, 9.17) is 28.4 Å². The second-order valence-electron chi connectivity index (χ2n) is 12.0. The molecule has 0 saturated heterocycles. The fraction of sp³-hybridized carbons (Fsp3) is 0.368. The number of benzene rings is 4. The van der Waals surface area contributed by atoms with Crippen LogP contribution in [0.2, 0.25) is 0 Å². The van der Waals surface area contributed by atoms with Crippen molar-refractivity contribution in [3.05, 3.63) is 119 Å². The number of hydrogen-bond donors (Lipinski definition) is 0. The third kappa shape index (κ3) is 8.13. The molecule has 0 aromatic heterocycles. The van der Waals surface area contributed by atoms with E-state index in [9.17, 15) is 0 Å². The van der Waals surface area contributed by atoms with E-state index >= 15 is 0 Å². The summed E-state index contributed by atoms with van der Waals surface area (Å²) in [6.45, 7) is 12.8. The molecule has 4 aromatic rings. The summed E-state index contributed by atoms with van der Waals surface area (Å²) in [5.74, 6) is 3.30. The van der Waals surface area contributed by atoms with Gasteiger partial charge in [-0.1, -0.05) is 76.2 Å². The van der Waals surface area contributed by atoms with Crippen molar-refractivity contribution in [2.75, 3.05) is 52.9 Å². The van der Waals surface area contributed by atoms with Crippen LogP contribution in [0.25, 0.3) is 0 Å². The minimum atomic E-state index is -0.168. The summed E-state index contributed by atoms with van der Waals surface area (Å²) in [6, 6.07) is 33.1. The van der Waals surface area contributed by atoms with Gasteiger partial charge in [-0.2, -0.15) is 0 Å². The minimum absolute atomic E-state index is 0.168. The van der Waals surface area contributed by atoms with Gasteiger partial charge in [-0.15, -0.1) is 0 Å². The zero-order valence-electron chi connectivity index (χ0n) is 26.3. The van der Waals surface area contributed by atoms with Crippen molar-refractivity contribution in [2.24, 2.45) is 0 Å². The summed E-state index contributed by atoms with van der Waals surface area (Å²) >= 11 is 0. The Labute approximate surface area is 261 Å². The van der Waals surface area contributed by atoms with Gasteiger partial charge in [-0.25, -0.2) is 0 Å². The maximum atomic E-state index is 5.91. The fourth-order valence-corrected chi connectivity index (χ4v) is 5.28. The fourth-order valence-electron chi connectivity index (χ4n) is 5.28. The molecular weight excluding hydrogens is 552 g/mol. The van der Waals surface area contributed by atoms with E-state index in [0.717, 1.165) is 23.0 Å². The summed E-state index contributed by atoms with van der Waals surface area (Å²) in [7, 11) is 0. The van der Waals surface area contributed by atoms with E-state index < -0.39 is 0 Å². The monoisotopic (exact) mass is 596 g/mol. The van der Waals surface area contributed by atoms with Gasteiger partial charge in [0, 0.05) is 10.8 Å². The molecule has 11 rings (SSSR count). The van der Waals surface area contributed by atoms with Gasteiger partial charge in [-0.3, -0.25) is 0 Å². The molecule has 7 heterocycles. The SMILES string of the molecule is CC1(C)c2ccc(cc2)OCCOCCOc2ccc(cc2)C(C)(C)c2ccc(cc2)OCCOCCOc2ccc1cc2. The van der Waals surface area contributed by atoms with Gasteiger partial charge in [0.15, 0.2) is 0 Å². The highest BCUT2D eigenvalue weighted by Crippen LogP contribution is 2.34. The predicted octanol–water partition coefficient (Wildman–Crippen LogP) is 7.60. The molecule has 4 aromatic carbocycles. The molecular formula is C38H44O6. The van der Waals surface area contributed by atoms with Gasteiger partial charge >= 0.3 is 0 Å². The van der Waals surface area contributed by atoms with Crippen LogP contribution in [0.15, 0.2) is 97.1 Å². The lowest BCUT2D eigenvalue weighted by Crippen LogP contribution is -2.19. The average molecular weight is 597 g/mol. The van der Waals surface area contributed by atoms with Gasteiger partial charge in [0.25, 0.3) is 0 Å². The number of rotatable bonds is 0. The summed E-state index contributed by atoms with van der Waals surface area (Å²) in [5, 5.41) is 0.